The van der Waals surface area contributed by atoms with Crippen molar-refractivity contribution in [1.29, 1.82) is 0 Å². The molecular formula is C20H34IN5O2S. The highest BCUT2D eigenvalue weighted by Gasteiger charge is 2.26. The number of hydrogen-bond acceptors (Lipinski definition) is 5. The molecule has 7 nitrogen and oxygen atoms in total. The first-order valence-electron chi connectivity index (χ1n) is 10.1. The van der Waals surface area contributed by atoms with Gasteiger partial charge in [0.2, 0.25) is 5.91 Å². The van der Waals surface area contributed by atoms with E-state index in [2.05, 4.69) is 51.5 Å². The number of piperazine rings is 1. The molecule has 2 saturated heterocycles. The number of carbonyl (C=O) groups is 1. The van der Waals surface area contributed by atoms with Crippen molar-refractivity contribution in [1.82, 2.24) is 20.0 Å². The van der Waals surface area contributed by atoms with E-state index in [9.17, 15) is 4.79 Å². The Morgan fingerprint density at radius 2 is 1.86 bits per heavy atom. The molecule has 0 aromatic carbocycles. The fraction of sp³-hybridized carbons (Fsp3) is 0.700. The third kappa shape index (κ3) is 6.80. The maximum atomic E-state index is 12.4. The summed E-state index contributed by atoms with van der Waals surface area (Å²) in [5.41, 5.74) is 0.0660. The van der Waals surface area contributed by atoms with E-state index in [1.807, 2.05) is 11.9 Å². The number of nitrogens with one attached hydrogen (secondary N) is 1. The molecule has 1 aromatic heterocycles. The van der Waals surface area contributed by atoms with E-state index < -0.39 is 0 Å². The summed E-state index contributed by atoms with van der Waals surface area (Å²) >= 11 is 1.80. The highest BCUT2D eigenvalue weighted by Crippen LogP contribution is 2.26. The SMILES string of the molecule is CN=C(NCC(C)(C)c1cccs1)N1CCN(CC(=O)N2CCOCC2)CC1.I. The summed E-state index contributed by atoms with van der Waals surface area (Å²) in [6.07, 6.45) is 0. The number of amides is 1. The van der Waals surface area contributed by atoms with Crippen LogP contribution in [-0.4, -0.2) is 99.2 Å². The molecule has 0 atom stereocenters. The smallest absolute Gasteiger partial charge is 0.236 e. The van der Waals surface area contributed by atoms with Crippen molar-refractivity contribution < 1.29 is 9.53 Å². The Hall–Kier alpha value is -0.910. The number of thiophene rings is 1. The highest BCUT2D eigenvalue weighted by atomic mass is 127. The average molecular weight is 535 g/mol. The van der Waals surface area contributed by atoms with Gasteiger partial charge in [-0.05, 0) is 11.4 Å². The molecule has 0 bridgehead atoms. The zero-order chi connectivity index (χ0) is 20.0. The third-order valence-electron chi connectivity index (χ3n) is 5.48. The molecule has 2 aliphatic rings. The fourth-order valence-electron chi connectivity index (χ4n) is 3.60. The maximum Gasteiger partial charge on any atom is 0.236 e. The second kappa shape index (κ2) is 11.5. The summed E-state index contributed by atoms with van der Waals surface area (Å²) in [6, 6.07) is 4.30. The summed E-state index contributed by atoms with van der Waals surface area (Å²) in [6.45, 7) is 12.1. The molecule has 2 fully saturated rings. The largest absolute Gasteiger partial charge is 0.378 e. The van der Waals surface area contributed by atoms with Crippen molar-refractivity contribution in [2.75, 3.05) is 72.6 Å². The zero-order valence-corrected chi connectivity index (χ0v) is 20.9. The van der Waals surface area contributed by atoms with Gasteiger partial charge >= 0.3 is 0 Å². The van der Waals surface area contributed by atoms with Crippen LogP contribution in [0.2, 0.25) is 0 Å². The number of hydrogen-bond donors (Lipinski definition) is 1. The molecule has 0 spiro atoms. The van der Waals surface area contributed by atoms with Gasteiger partial charge in [0.05, 0.1) is 19.8 Å². The second-order valence-corrected chi connectivity index (χ2v) is 8.97. The van der Waals surface area contributed by atoms with Crippen molar-refractivity contribution in [3.63, 3.8) is 0 Å². The van der Waals surface area contributed by atoms with Gasteiger partial charge in [0, 0.05) is 63.2 Å². The lowest BCUT2D eigenvalue weighted by Gasteiger charge is -2.38. The van der Waals surface area contributed by atoms with Gasteiger partial charge in [0.25, 0.3) is 0 Å². The van der Waals surface area contributed by atoms with Crippen LogP contribution in [0, 0.1) is 0 Å². The molecule has 164 valence electrons. The minimum atomic E-state index is 0. The van der Waals surface area contributed by atoms with Crippen molar-refractivity contribution in [2.24, 2.45) is 4.99 Å². The molecule has 0 radical (unpaired) electrons. The summed E-state index contributed by atoms with van der Waals surface area (Å²) in [5, 5.41) is 5.68. The molecule has 0 unspecified atom stereocenters. The van der Waals surface area contributed by atoms with Crippen LogP contribution in [0.5, 0.6) is 0 Å². The van der Waals surface area contributed by atoms with Crippen molar-refractivity contribution in [2.45, 2.75) is 19.3 Å². The number of nitrogens with zero attached hydrogens (tertiary/aromatic N) is 4. The van der Waals surface area contributed by atoms with Crippen LogP contribution in [0.4, 0.5) is 0 Å². The molecule has 1 aromatic rings. The van der Waals surface area contributed by atoms with Gasteiger partial charge in [-0.25, -0.2) is 0 Å². The Labute approximate surface area is 195 Å². The standard InChI is InChI=1S/C20H33N5O2S.HI/c1-20(2,17-5-4-14-28-17)16-22-19(21-3)25-8-6-23(7-9-25)15-18(26)24-10-12-27-13-11-24;/h4-5,14H,6-13,15-16H2,1-3H3,(H,21,22);1H. The molecule has 9 heteroatoms. The lowest BCUT2D eigenvalue weighted by molar-refractivity contribution is -0.136. The Morgan fingerprint density at radius 3 is 2.45 bits per heavy atom. The average Bonchev–Trinajstić information content (AvgIpc) is 3.26. The first kappa shape index (κ1) is 24.4. The predicted octanol–water partition coefficient (Wildman–Crippen LogP) is 1.70. The van der Waals surface area contributed by atoms with Crippen LogP contribution in [0.3, 0.4) is 0 Å². The van der Waals surface area contributed by atoms with E-state index in [1.54, 1.807) is 11.3 Å². The monoisotopic (exact) mass is 535 g/mol. The van der Waals surface area contributed by atoms with Crippen LogP contribution in [0.15, 0.2) is 22.5 Å². The Kier molecular flexibility index (Phi) is 9.64. The van der Waals surface area contributed by atoms with E-state index >= 15 is 0 Å². The molecule has 1 N–H and O–H groups in total. The van der Waals surface area contributed by atoms with E-state index in [0.29, 0.717) is 19.8 Å². The van der Waals surface area contributed by atoms with E-state index in [-0.39, 0.29) is 35.3 Å². The molecule has 2 aliphatic heterocycles. The van der Waals surface area contributed by atoms with Gasteiger partial charge in [-0.3, -0.25) is 14.7 Å². The summed E-state index contributed by atoms with van der Waals surface area (Å²) in [7, 11) is 1.84. The number of ether oxygens (including phenoxy) is 1. The Bertz CT molecular complexity index is 654. The van der Waals surface area contributed by atoms with Crippen molar-refractivity contribution in [3.05, 3.63) is 22.4 Å². The first-order valence-corrected chi connectivity index (χ1v) is 10.9. The minimum absolute atomic E-state index is 0. The lowest BCUT2D eigenvalue weighted by Crippen LogP contribution is -2.55. The van der Waals surface area contributed by atoms with Gasteiger partial charge in [0.15, 0.2) is 5.96 Å². The van der Waals surface area contributed by atoms with Crippen LogP contribution in [-0.2, 0) is 14.9 Å². The molecule has 0 saturated carbocycles. The van der Waals surface area contributed by atoms with Gasteiger partial charge in [-0.1, -0.05) is 19.9 Å². The number of guanidine groups is 1. The Morgan fingerprint density at radius 1 is 1.17 bits per heavy atom. The van der Waals surface area contributed by atoms with Gasteiger partial charge < -0.3 is 19.9 Å². The molecule has 0 aliphatic carbocycles. The molecule has 3 rings (SSSR count). The quantitative estimate of drug-likeness (QED) is 0.354. The number of morpholine rings is 1. The molecule has 29 heavy (non-hydrogen) atoms. The first-order chi connectivity index (χ1) is 13.5. The van der Waals surface area contributed by atoms with Crippen molar-refractivity contribution in [3.8, 4) is 0 Å². The van der Waals surface area contributed by atoms with Gasteiger partial charge in [0.1, 0.15) is 0 Å². The normalized spacial score (nSPS) is 19.1. The zero-order valence-electron chi connectivity index (χ0n) is 17.7. The van der Waals surface area contributed by atoms with E-state index in [4.69, 9.17) is 4.74 Å². The predicted molar refractivity (Wildman–Crippen MR) is 130 cm³/mol. The van der Waals surface area contributed by atoms with Crippen LogP contribution in [0.1, 0.15) is 18.7 Å². The van der Waals surface area contributed by atoms with Crippen LogP contribution < -0.4 is 5.32 Å². The lowest BCUT2D eigenvalue weighted by atomic mass is 9.91. The Balaban J connectivity index is 0.00000300. The van der Waals surface area contributed by atoms with E-state index in [1.165, 1.54) is 4.88 Å². The second-order valence-electron chi connectivity index (χ2n) is 8.02. The molecule has 1 amide bonds. The van der Waals surface area contributed by atoms with Gasteiger partial charge in [-0.2, -0.15) is 0 Å². The fourth-order valence-corrected chi connectivity index (χ4v) is 4.46. The molecule has 3 heterocycles. The van der Waals surface area contributed by atoms with E-state index in [0.717, 1.165) is 51.8 Å². The van der Waals surface area contributed by atoms with Gasteiger partial charge in [-0.15, -0.1) is 35.3 Å². The minimum Gasteiger partial charge on any atom is -0.378 e. The van der Waals surface area contributed by atoms with Crippen LogP contribution >= 0.6 is 35.3 Å². The number of rotatable bonds is 5. The summed E-state index contributed by atoms with van der Waals surface area (Å²) < 4.78 is 5.33. The summed E-state index contributed by atoms with van der Waals surface area (Å²) in [5.74, 6) is 1.17. The third-order valence-corrected chi connectivity index (χ3v) is 6.72. The number of aliphatic imine (C=N–C) groups is 1. The number of halogens is 1. The maximum absolute atomic E-state index is 12.4. The highest BCUT2D eigenvalue weighted by molar-refractivity contribution is 14.0. The van der Waals surface area contributed by atoms with Crippen molar-refractivity contribution >= 4 is 47.2 Å². The topological polar surface area (TPSA) is 60.4 Å². The number of carbonyl (C=O) groups excluding carboxylic acids is 1. The molecular weight excluding hydrogens is 501 g/mol. The van der Waals surface area contributed by atoms with Crippen LogP contribution in [0.25, 0.3) is 0 Å². The summed E-state index contributed by atoms with van der Waals surface area (Å²) in [4.78, 5) is 24.8.